The quantitative estimate of drug-likeness (QED) is 0.937. The molecule has 2 aromatic carbocycles. The second kappa shape index (κ2) is 6.37. The molecule has 0 aliphatic carbocycles. The van der Waals surface area contributed by atoms with Gasteiger partial charge in [-0.2, -0.15) is 0 Å². The predicted molar refractivity (Wildman–Crippen MR) is 83.2 cm³/mol. The molecule has 1 aliphatic heterocycles. The van der Waals surface area contributed by atoms with Crippen LogP contribution in [-0.4, -0.2) is 20.4 Å². The third-order valence-corrected chi connectivity index (χ3v) is 4.07. The number of hydrogen-bond donors (Lipinski definition) is 1. The Balaban J connectivity index is 1.62. The van der Waals surface area contributed by atoms with Crippen molar-refractivity contribution in [2.75, 3.05) is 20.4 Å². The molecule has 4 heteroatoms. The van der Waals surface area contributed by atoms with Crippen molar-refractivity contribution >= 4 is 11.6 Å². The van der Waals surface area contributed by atoms with Crippen LogP contribution in [0.1, 0.15) is 11.1 Å². The molecule has 3 nitrogen and oxygen atoms in total. The van der Waals surface area contributed by atoms with E-state index in [4.69, 9.17) is 21.1 Å². The molecule has 1 aliphatic rings. The summed E-state index contributed by atoms with van der Waals surface area (Å²) in [5.41, 5.74) is 2.52. The molecule has 110 valence electrons. The summed E-state index contributed by atoms with van der Waals surface area (Å²) < 4.78 is 11.1. The molecule has 0 fully saturated rings. The van der Waals surface area contributed by atoms with E-state index in [9.17, 15) is 0 Å². The highest BCUT2D eigenvalue weighted by molar-refractivity contribution is 6.30. The first kappa shape index (κ1) is 14.2. The van der Waals surface area contributed by atoms with E-state index < -0.39 is 0 Å². The molecule has 0 saturated carbocycles. The van der Waals surface area contributed by atoms with Gasteiger partial charge in [0.15, 0.2) is 0 Å². The van der Waals surface area contributed by atoms with Crippen molar-refractivity contribution in [1.82, 2.24) is 0 Å². The summed E-state index contributed by atoms with van der Waals surface area (Å²) in [4.78, 5) is 1.42. The van der Waals surface area contributed by atoms with Crippen molar-refractivity contribution in [2.45, 2.75) is 13.0 Å². The average molecular weight is 305 g/mol. The SMILES string of the molecule is COc1ccc2c(c1)C[NH+](CCc1ccc(Cl)cc1)CO2. The number of hydrogen-bond acceptors (Lipinski definition) is 2. The number of quaternary nitrogens is 1. The molecule has 0 aromatic heterocycles. The highest BCUT2D eigenvalue weighted by Gasteiger charge is 2.20. The molecule has 2 aromatic rings. The van der Waals surface area contributed by atoms with Crippen LogP contribution in [0.3, 0.4) is 0 Å². The fourth-order valence-corrected chi connectivity index (χ4v) is 2.72. The Morgan fingerprint density at radius 1 is 1.19 bits per heavy atom. The molecule has 0 radical (unpaired) electrons. The third-order valence-electron chi connectivity index (χ3n) is 3.82. The minimum Gasteiger partial charge on any atom is -0.497 e. The monoisotopic (exact) mass is 304 g/mol. The second-order valence-electron chi connectivity index (χ2n) is 5.32. The van der Waals surface area contributed by atoms with Crippen LogP contribution in [0.15, 0.2) is 42.5 Å². The Morgan fingerprint density at radius 2 is 2.00 bits per heavy atom. The van der Waals surface area contributed by atoms with E-state index in [2.05, 4.69) is 18.2 Å². The molecule has 1 atom stereocenters. The first-order valence-electron chi connectivity index (χ1n) is 7.12. The first-order valence-corrected chi connectivity index (χ1v) is 7.50. The first-order chi connectivity index (χ1) is 10.2. The molecule has 3 rings (SSSR count). The van der Waals surface area contributed by atoms with Crippen molar-refractivity contribution < 1.29 is 14.4 Å². The van der Waals surface area contributed by atoms with Crippen LogP contribution >= 0.6 is 11.6 Å². The molecule has 1 heterocycles. The van der Waals surface area contributed by atoms with Crippen LogP contribution in [0.4, 0.5) is 0 Å². The Labute approximate surface area is 130 Å². The van der Waals surface area contributed by atoms with Crippen LogP contribution < -0.4 is 14.4 Å². The van der Waals surface area contributed by atoms with Gasteiger partial charge in [-0.05, 0) is 35.9 Å². The summed E-state index contributed by atoms with van der Waals surface area (Å²) in [6, 6.07) is 14.1. The molecule has 0 bridgehead atoms. The van der Waals surface area contributed by atoms with Gasteiger partial charge >= 0.3 is 0 Å². The maximum absolute atomic E-state index is 5.91. The summed E-state index contributed by atoms with van der Waals surface area (Å²) >= 11 is 5.91. The lowest BCUT2D eigenvalue weighted by Gasteiger charge is -2.26. The molecule has 21 heavy (non-hydrogen) atoms. The normalized spacial score (nSPS) is 17.0. The van der Waals surface area contributed by atoms with E-state index in [-0.39, 0.29) is 0 Å². The van der Waals surface area contributed by atoms with Crippen molar-refractivity contribution in [2.24, 2.45) is 0 Å². The topological polar surface area (TPSA) is 22.9 Å². The van der Waals surface area contributed by atoms with Gasteiger partial charge in [0.25, 0.3) is 0 Å². The van der Waals surface area contributed by atoms with Crippen molar-refractivity contribution in [1.29, 1.82) is 0 Å². The van der Waals surface area contributed by atoms with Crippen LogP contribution in [-0.2, 0) is 13.0 Å². The van der Waals surface area contributed by atoms with Crippen LogP contribution in [0, 0.1) is 0 Å². The van der Waals surface area contributed by atoms with Crippen LogP contribution in [0.5, 0.6) is 11.5 Å². The van der Waals surface area contributed by atoms with Gasteiger partial charge in [-0.15, -0.1) is 0 Å². The van der Waals surface area contributed by atoms with Gasteiger partial charge in [0.2, 0.25) is 6.73 Å². The number of methoxy groups -OCH3 is 1. The van der Waals surface area contributed by atoms with E-state index in [0.29, 0.717) is 6.73 Å². The zero-order chi connectivity index (χ0) is 14.7. The number of fused-ring (bicyclic) bond motifs is 1. The predicted octanol–water partition coefficient (Wildman–Crippen LogP) is 2.33. The van der Waals surface area contributed by atoms with Crippen molar-refractivity contribution in [3.8, 4) is 11.5 Å². The number of halogens is 1. The number of benzene rings is 2. The molecule has 1 unspecified atom stereocenters. The van der Waals surface area contributed by atoms with Gasteiger partial charge < -0.3 is 9.47 Å². The number of nitrogens with one attached hydrogen (secondary N) is 1. The average Bonchev–Trinajstić information content (AvgIpc) is 2.53. The van der Waals surface area contributed by atoms with Crippen LogP contribution in [0.2, 0.25) is 5.02 Å². The molecule has 0 spiro atoms. The second-order valence-corrected chi connectivity index (χ2v) is 5.75. The summed E-state index contributed by atoms with van der Waals surface area (Å²) in [5, 5.41) is 0.786. The fourth-order valence-electron chi connectivity index (χ4n) is 2.59. The molecule has 0 amide bonds. The van der Waals surface area contributed by atoms with Crippen molar-refractivity contribution in [3.05, 3.63) is 58.6 Å². The zero-order valence-corrected chi connectivity index (χ0v) is 12.8. The van der Waals surface area contributed by atoms with Gasteiger partial charge in [-0.25, -0.2) is 0 Å². The highest BCUT2D eigenvalue weighted by Crippen LogP contribution is 2.24. The fraction of sp³-hybridized carbons (Fsp3) is 0.294. The van der Waals surface area contributed by atoms with Gasteiger partial charge in [-0.1, -0.05) is 23.7 Å². The van der Waals surface area contributed by atoms with E-state index in [1.54, 1.807) is 7.11 Å². The van der Waals surface area contributed by atoms with Crippen LogP contribution in [0.25, 0.3) is 0 Å². The smallest absolute Gasteiger partial charge is 0.222 e. The Hall–Kier alpha value is -1.71. The van der Waals surface area contributed by atoms with Gasteiger partial charge in [-0.3, -0.25) is 4.90 Å². The molecule has 0 saturated heterocycles. The lowest BCUT2D eigenvalue weighted by atomic mass is 10.1. The summed E-state index contributed by atoms with van der Waals surface area (Å²) in [6.45, 7) is 2.73. The van der Waals surface area contributed by atoms with E-state index in [1.165, 1.54) is 16.0 Å². The lowest BCUT2D eigenvalue weighted by molar-refractivity contribution is -0.932. The minimum absolute atomic E-state index is 0.715. The maximum atomic E-state index is 5.91. The Kier molecular flexibility index (Phi) is 4.32. The Morgan fingerprint density at radius 3 is 2.76 bits per heavy atom. The van der Waals surface area contributed by atoms with E-state index in [0.717, 1.165) is 36.0 Å². The number of rotatable bonds is 4. The van der Waals surface area contributed by atoms with Gasteiger partial charge in [0.1, 0.15) is 18.0 Å². The van der Waals surface area contributed by atoms with E-state index >= 15 is 0 Å². The van der Waals surface area contributed by atoms with Gasteiger partial charge in [0, 0.05) is 11.4 Å². The Bertz CT molecular complexity index is 613. The largest absolute Gasteiger partial charge is 0.497 e. The summed E-state index contributed by atoms with van der Waals surface area (Å²) in [7, 11) is 1.69. The molecular formula is C17H19ClNO2+. The number of ether oxygens (including phenoxy) is 2. The van der Waals surface area contributed by atoms with E-state index in [1.807, 2.05) is 24.3 Å². The molecular weight excluding hydrogens is 286 g/mol. The molecule has 1 N–H and O–H groups in total. The summed E-state index contributed by atoms with van der Waals surface area (Å²) in [5.74, 6) is 1.86. The third kappa shape index (κ3) is 3.49. The summed E-state index contributed by atoms with van der Waals surface area (Å²) in [6.07, 6.45) is 1.02. The maximum Gasteiger partial charge on any atom is 0.222 e. The highest BCUT2D eigenvalue weighted by atomic mass is 35.5. The minimum atomic E-state index is 0.715. The van der Waals surface area contributed by atoms with Crippen molar-refractivity contribution in [3.63, 3.8) is 0 Å². The standard InChI is InChI=1S/C17H18ClNO2/c1-20-16-6-7-17-14(10-16)11-19(12-21-17)9-8-13-2-4-15(18)5-3-13/h2-7,10H,8-9,11-12H2,1H3/p+1. The van der Waals surface area contributed by atoms with Gasteiger partial charge in [0.05, 0.1) is 19.2 Å². The lowest BCUT2D eigenvalue weighted by Crippen LogP contribution is -3.12. The zero-order valence-electron chi connectivity index (χ0n) is 12.1.